The minimum atomic E-state index is 0.164. The van der Waals surface area contributed by atoms with Crippen molar-refractivity contribution in [1.29, 1.82) is 0 Å². The van der Waals surface area contributed by atoms with Crippen LogP contribution in [0, 0.1) is 6.42 Å². The Morgan fingerprint density at radius 2 is 1.84 bits per heavy atom. The van der Waals surface area contributed by atoms with E-state index in [0.29, 0.717) is 11.7 Å². The first-order valence-corrected chi connectivity index (χ1v) is 6.42. The molecule has 0 saturated carbocycles. The molecule has 0 atom stereocenters. The Hall–Kier alpha value is -1.96. The molecular formula is C17H19O2. The summed E-state index contributed by atoms with van der Waals surface area (Å²) in [5, 5.41) is 9.60. The van der Waals surface area contributed by atoms with Crippen LogP contribution in [0.5, 0.6) is 11.5 Å². The van der Waals surface area contributed by atoms with Gasteiger partial charge in [0.15, 0.2) is 11.5 Å². The second kappa shape index (κ2) is 5.79. The lowest BCUT2D eigenvalue weighted by molar-refractivity contribution is 0.373. The topological polar surface area (TPSA) is 29.5 Å². The van der Waals surface area contributed by atoms with E-state index in [9.17, 15) is 5.11 Å². The highest BCUT2D eigenvalue weighted by Crippen LogP contribution is 2.29. The fraction of sp³-hybridized carbons (Fsp3) is 0.235. The molecule has 0 saturated heterocycles. The van der Waals surface area contributed by atoms with Crippen molar-refractivity contribution in [2.24, 2.45) is 0 Å². The molecule has 0 aliphatic carbocycles. The van der Waals surface area contributed by atoms with Crippen molar-refractivity contribution in [1.82, 2.24) is 0 Å². The van der Waals surface area contributed by atoms with Gasteiger partial charge in [-0.2, -0.15) is 0 Å². The minimum Gasteiger partial charge on any atom is -0.504 e. The predicted octanol–water partition coefficient (Wildman–Crippen LogP) is 4.12. The molecule has 0 aromatic heterocycles. The van der Waals surface area contributed by atoms with Gasteiger partial charge in [-0.1, -0.05) is 44.2 Å². The summed E-state index contributed by atoms with van der Waals surface area (Å²) in [6.07, 6.45) is 2.11. The number of ether oxygens (including phenoxy) is 1. The van der Waals surface area contributed by atoms with Crippen LogP contribution < -0.4 is 4.74 Å². The molecule has 0 bridgehead atoms. The van der Waals surface area contributed by atoms with Crippen molar-refractivity contribution in [2.45, 2.75) is 19.8 Å². The summed E-state index contributed by atoms with van der Waals surface area (Å²) in [5.41, 5.74) is 3.53. The maximum Gasteiger partial charge on any atom is 0.160 e. The summed E-state index contributed by atoms with van der Waals surface area (Å²) in [6.45, 7) is 4.37. The summed E-state index contributed by atoms with van der Waals surface area (Å²) in [7, 11) is 1.56. The van der Waals surface area contributed by atoms with Crippen LogP contribution >= 0.6 is 0 Å². The Bertz CT molecular complexity index is 559. The van der Waals surface area contributed by atoms with Gasteiger partial charge in [0.1, 0.15) is 0 Å². The Morgan fingerprint density at radius 3 is 2.53 bits per heavy atom. The summed E-state index contributed by atoms with van der Waals surface area (Å²) < 4.78 is 5.13. The highest BCUT2D eigenvalue weighted by molar-refractivity contribution is 5.49. The van der Waals surface area contributed by atoms with Crippen molar-refractivity contribution in [3.8, 4) is 11.5 Å². The smallest absolute Gasteiger partial charge is 0.160 e. The van der Waals surface area contributed by atoms with E-state index in [1.807, 2.05) is 18.2 Å². The maximum atomic E-state index is 9.60. The number of phenolic OH excluding ortho intramolecular Hbond substituents is 1. The zero-order valence-corrected chi connectivity index (χ0v) is 11.6. The van der Waals surface area contributed by atoms with Gasteiger partial charge < -0.3 is 9.84 Å². The SMILES string of the molecule is COc1cc([CH]c2ccccc2C(C)C)ccc1O. The van der Waals surface area contributed by atoms with E-state index in [0.717, 1.165) is 5.56 Å². The van der Waals surface area contributed by atoms with Gasteiger partial charge in [-0.25, -0.2) is 0 Å². The van der Waals surface area contributed by atoms with Gasteiger partial charge in [0, 0.05) is 6.42 Å². The summed E-state index contributed by atoms with van der Waals surface area (Å²) in [5.74, 6) is 1.14. The molecule has 2 rings (SSSR count). The summed E-state index contributed by atoms with van der Waals surface area (Å²) in [6, 6.07) is 13.7. The number of aromatic hydroxyl groups is 1. The van der Waals surface area contributed by atoms with E-state index in [2.05, 4.69) is 38.5 Å². The molecule has 2 heteroatoms. The van der Waals surface area contributed by atoms with Crippen molar-refractivity contribution < 1.29 is 9.84 Å². The van der Waals surface area contributed by atoms with Crippen LogP contribution in [-0.4, -0.2) is 12.2 Å². The zero-order valence-electron chi connectivity index (χ0n) is 11.6. The molecule has 2 aromatic rings. The standard InChI is InChI=1S/C17H19O2/c1-12(2)15-7-5-4-6-14(15)10-13-8-9-16(18)17(11-13)19-3/h4-12,18H,1-3H3. The Morgan fingerprint density at radius 1 is 1.11 bits per heavy atom. The van der Waals surface area contributed by atoms with Gasteiger partial charge in [-0.05, 0) is 34.7 Å². The van der Waals surface area contributed by atoms with Crippen LogP contribution in [0.15, 0.2) is 42.5 Å². The van der Waals surface area contributed by atoms with Gasteiger partial charge >= 0.3 is 0 Å². The van der Waals surface area contributed by atoms with Gasteiger partial charge in [-0.3, -0.25) is 0 Å². The van der Waals surface area contributed by atoms with Crippen LogP contribution in [0.4, 0.5) is 0 Å². The number of benzene rings is 2. The van der Waals surface area contributed by atoms with Crippen molar-refractivity contribution in [2.75, 3.05) is 7.11 Å². The van der Waals surface area contributed by atoms with E-state index >= 15 is 0 Å². The second-order valence-corrected chi connectivity index (χ2v) is 4.86. The number of hydrogen-bond donors (Lipinski definition) is 1. The van der Waals surface area contributed by atoms with Crippen molar-refractivity contribution >= 4 is 0 Å². The lowest BCUT2D eigenvalue weighted by Crippen LogP contribution is -1.96. The van der Waals surface area contributed by atoms with Gasteiger partial charge in [0.2, 0.25) is 0 Å². The zero-order chi connectivity index (χ0) is 13.8. The number of methoxy groups -OCH3 is 1. The van der Waals surface area contributed by atoms with Crippen LogP contribution in [0.25, 0.3) is 0 Å². The molecule has 0 unspecified atom stereocenters. The average Bonchev–Trinajstić information content (AvgIpc) is 2.41. The molecule has 0 amide bonds. The van der Waals surface area contributed by atoms with Crippen LogP contribution in [-0.2, 0) is 0 Å². The fourth-order valence-corrected chi connectivity index (χ4v) is 2.13. The van der Waals surface area contributed by atoms with E-state index in [4.69, 9.17) is 4.74 Å². The van der Waals surface area contributed by atoms with Gasteiger partial charge in [0.25, 0.3) is 0 Å². The number of hydrogen-bond acceptors (Lipinski definition) is 2. The molecule has 2 aromatic carbocycles. The molecule has 0 fully saturated rings. The Labute approximate surface area is 114 Å². The van der Waals surface area contributed by atoms with Crippen LogP contribution in [0.1, 0.15) is 36.5 Å². The molecule has 1 N–H and O–H groups in total. The van der Waals surface area contributed by atoms with E-state index < -0.39 is 0 Å². The third-order valence-corrected chi connectivity index (χ3v) is 3.14. The van der Waals surface area contributed by atoms with Crippen molar-refractivity contribution in [3.05, 3.63) is 65.6 Å². The highest BCUT2D eigenvalue weighted by Gasteiger charge is 2.08. The third kappa shape index (κ3) is 3.08. The first-order valence-electron chi connectivity index (χ1n) is 6.42. The quantitative estimate of drug-likeness (QED) is 0.890. The lowest BCUT2D eigenvalue weighted by Gasteiger charge is -2.13. The van der Waals surface area contributed by atoms with Gasteiger partial charge in [0.05, 0.1) is 7.11 Å². The first-order chi connectivity index (χ1) is 9.11. The van der Waals surface area contributed by atoms with E-state index in [1.165, 1.54) is 11.1 Å². The second-order valence-electron chi connectivity index (χ2n) is 4.86. The Balaban J connectivity index is 2.31. The number of phenols is 1. The monoisotopic (exact) mass is 255 g/mol. The molecule has 0 aliphatic rings. The van der Waals surface area contributed by atoms with Crippen LogP contribution in [0.3, 0.4) is 0 Å². The third-order valence-electron chi connectivity index (χ3n) is 3.14. The molecule has 99 valence electrons. The Kier molecular flexibility index (Phi) is 4.10. The van der Waals surface area contributed by atoms with E-state index in [1.54, 1.807) is 13.2 Å². The van der Waals surface area contributed by atoms with E-state index in [-0.39, 0.29) is 5.75 Å². The normalized spacial score (nSPS) is 10.7. The molecule has 0 spiro atoms. The molecular weight excluding hydrogens is 236 g/mol. The van der Waals surface area contributed by atoms with Gasteiger partial charge in [-0.15, -0.1) is 0 Å². The molecule has 2 nitrogen and oxygen atoms in total. The molecule has 1 radical (unpaired) electrons. The number of rotatable bonds is 4. The average molecular weight is 255 g/mol. The summed E-state index contributed by atoms with van der Waals surface area (Å²) in [4.78, 5) is 0. The molecule has 0 heterocycles. The highest BCUT2D eigenvalue weighted by atomic mass is 16.5. The minimum absolute atomic E-state index is 0.164. The summed E-state index contributed by atoms with van der Waals surface area (Å²) >= 11 is 0. The largest absolute Gasteiger partial charge is 0.504 e. The maximum absolute atomic E-state index is 9.60. The first kappa shape index (κ1) is 13.5. The molecule has 0 aliphatic heterocycles. The molecule has 19 heavy (non-hydrogen) atoms. The van der Waals surface area contributed by atoms with Crippen LogP contribution in [0.2, 0.25) is 0 Å². The van der Waals surface area contributed by atoms with Crippen molar-refractivity contribution in [3.63, 3.8) is 0 Å². The predicted molar refractivity (Wildman–Crippen MR) is 77.7 cm³/mol. The fourth-order valence-electron chi connectivity index (χ4n) is 2.13. The lowest BCUT2D eigenvalue weighted by atomic mass is 9.93.